The summed E-state index contributed by atoms with van der Waals surface area (Å²) in [5.41, 5.74) is 6.57. The van der Waals surface area contributed by atoms with Crippen molar-refractivity contribution in [3.05, 3.63) is 95.6 Å². The van der Waals surface area contributed by atoms with Crippen molar-refractivity contribution in [2.45, 2.75) is 4.32 Å². The molecular weight excluding hydrogens is 308 g/mol. The number of halogens is 1. The van der Waals surface area contributed by atoms with E-state index in [2.05, 4.69) is 94.8 Å². The van der Waals surface area contributed by atoms with Crippen molar-refractivity contribution in [1.82, 2.24) is 0 Å². The predicted octanol–water partition coefficient (Wildman–Crippen LogP) is 5.35. The molecule has 0 fully saturated rings. The van der Waals surface area contributed by atoms with Crippen LogP contribution in [0, 0.1) is 0 Å². The molecule has 0 bridgehead atoms. The number of benzene rings is 3. The summed E-state index contributed by atoms with van der Waals surface area (Å²) in [5.74, 6) is 0. The third kappa shape index (κ3) is 1.47. The lowest BCUT2D eigenvalue weighted by Gasteiger charge is -2.25. The van der Waals surface area contributed by atoms with Crippen LogP contribution in [-0.2, 0) is 4.32 Å². The maximum absolute atomic E-state index is 4.05. The molecule has 1 aliphatic carbocycles. The molecule has 0 N–H and O–H groups in total. The van der Waals surface area contributed by atoms with E-state index in [9.17, 15) is 0 Å². The maximum Gasteiger partial charge on any atom is 0.102 e. The largest absolute Gasteiger partial charge is 0.102 e. The Kier molecular flexibility index (Phi) is 2.58. The van der Waals surface area contributed by atoms with Gasteiger partial charge in [-0.1, -0.05) is 94.8 Å². The number of hydrogen-bond donors (Lipinski definition) is 0. The Hall–Kier alpha value is -1.86. The summed E-state index contributed by atoms with van der Waals surface area (Å²) in [6.45, 7) is 0. The first-order valence-electron chi connectivity index (χ1n) is 6.75. The Morgan fingerprint density at radius 3 is 1.55 bits per heavy atom. The SMILES string of the molecule is BrC1(c2ccccc2)c2ccccc2-c2ccccc21. The van der Waals surface area contributed by atoms with Crippen molar-refractivity contribution >= 4 is 15.9 Å². The number of alkyl halides is 1. The van der Waals surface area contributed by atoms with E-state index in [-0.39, 0.29) is 4.32 Å². The van der Waals surface area contributed by atoms with Gasteiger partial charge in [-0.2, -0.15) is 0 Å². The summed E-state index contributed by atoms with van der Waals surface area (Å²) < 4.78 is -0.235. The third-order valence-corrected chi connectivity index (χ3v) is 5.37. The van der Waals surface area contributed by atoms with Gasteiger partial charge in [0.15, 0.2) is 0 Å². The van der Waals surface area contributed by atoms with Crippen LogP contribution in [0.5, 0.6) is 0 Å². The number of fused-ring (bicyclic) bond motifs is 3. The summed E-state index contributed by atoms with van der Waals surface area (Å²) in [6.07, 6.45) is 0. The molecule has 0 amide bonds. The molecule has 0 saturated heterocycles. The molecule has 96 valence electrons. The number of rotatable bonds is 1. The highest BCUT2D eigenvalue weighted by Gasteiger charge is 2.41. The normalized spacial score (nSPS) is 14.7. The van der Waals surface area contributed by atoms with Gasteiger partial charge in [-0.3, -0.25) is 0 Å². The lowest BCUT2D eigenvalue weighted by atomic mass is 9.89. The molecule has 1 aliphatic rings. The molecule has 0 atom stereocenters. The fourth-order valence-electron chi connectivity index (χ4n) is 3.16. The van der Waals surface area contributed by atoms with Crippen molar-refractivity contribution in [2.24, 2.45) is 0 Å². The molecule has 0 unspecified atom stereocenters. The molecule has 0 heterocycles. The Labute approximate surface area is 127 Å². The molecule has 0 spiro atoms. The van der Waals surface area contributed by atoms with E-state index >= 15 is 0 Å². The van der Waals surface area contributed by atoms with Gasteiger partial charge in [-0.15, -0.1) is 0 Å². The minimum atomic E-state index is -0.235. The van der Waals surface area contributed by atoms with Crippen LogP contribution in [0.3, 0.4) is 0 Å². The van der Waals surface area contributed by atoms with E-state index in [0.717, 1.165) is 0 Å². The van der Waals surface area contributed by atoms with Crippen LogP contribution < -0.4 is 0 Å². The van der Waals surface area contributed by atoms with E-state index in [1.54, 1.807) is 0 Å². The highest BCUT2D eigenvalue weighted by molar-refractivity contribution is 9.10. The Morgan fingerprint density at radius 2 is 1.00 bits per heavy atom. The number of hydrogen-bond acceptors (Lipinski definition) is 0. The molecule has 0 saturated carbocycles. The van der Waals surface area contributed by atoms with Crippen LogP contribution in [0.25, 0.3) is 11.1 Å². The second-order valence-electron chi connectivity index (χ2n) is 5.12. The molecule has 1 heteroatoms. The summed E-state index contributed by atoms with van der Waals surface area (Å²) in [6, 6.07) is 27.9. The summed E-state index contributed by atoms with van der Waals surface area (Å²) in [7, 11) is 0. The van der Waals surface area contributed by atoms with Crippen molar-refractivity contribution in [2.75, 3.05) is 0 Å². The Balaban J connectivity index is 2.10. The van der Waals surface area contributed by atoms with Gasteiger partial charge in [0.2, 0.25) is 0 Å². The molecule has 3 aromatic carbocycles. The van der Waals surface area contributed by atoms with Crippen molar-refractivity contribution in [1.29, 1.82) is 0 Å². The van der Waals surface area contributed by atoms with Crippen LogP contribution in [0.2, 0.25) is 0 Å². The van der Waals surface area contributed by atoms with Crippen LogP contribution in [0.4, 0.5) is 0 Å². The van der Waals surface area contributed by atoms with Crippen LogP contribution in [0.1, 0.15) is 16.7 Å². The molecule has 0 radical (unpaired) electrons. The monoisotopic (exact) mass is 320 g/mol. The Morgan fingerprint density at radius 1 is 0.550 bits per heavy atom. The van der Waals surface area contributed by atoms with Gasteiger partial charge in [-0.25, -0.2) is 0 Å². The molecule has 0 aromatic heterocycles. The molecule has 4 rings (SSSR count). The van der Waals surface area contributed by atoms with Crippen LogP contribution >= 0.6 is 15.9 Å². The van der Waals surface area contributed by atoms with Gasteiger partial charge in [-0.05, 0) is 27.8 Å². The second-order valence-corrected chi connectivity index (χ2v) is 6.31. The molecule has 0 aliphatic heterocycles. The molecule has 20 heavy (non-hydrogen) atoms. The predicted molar refractivity (Wildman–Crippen MR) is 87.1 cm³/mol. The van der Waals surface area contributed by atoms with E-state index in [1.165, 1.54) is 27.8 Å². The summed E-state index contributed by atoms with van der Waals surface area (Å²) in [5, 5.41) is 0. The van der Waals surface area contributed by atoms with E-state index in [1.807, 2.05) is 0 Å². The average molecular weight is 321 g/mol. The topological polar surface area (TPSA) is 0 Å². The zero-order chi connectivity index (χ0) is 13.6. The first kappa shape index (κ1) is 11.9. The fourth-order valence-corrected chi connectivity index (χ4v) is 4.12. The first-order chi connectivity index (χ1) is 9.82. The zero-order valence-electron chi connectivity index (χ0n) is 10.9. The van der Waals surface area contributed by atoms with Crippen LogP contribution in [0.15, 0.2) is 78.9 Å². The molecular formula is C19H13Br. The van der Waals surface area contributed by atoms with E-state index < -0.39 is 0 Å². The quantitative estimate of drug-likeness (QED) is 0.530. The minimum Gasteiger partial charge on any atom is -0.0695 e. The van der Waals surface area contributed by atoms with Gasteiger partial charge in [0.05, 0.1) is 0 Å². The maximum atomic E-state index is 4.05. The van der Waals surface area contributed by atoms with Gasteiger partial charge in [0, 0.05) is 0 Å². The molecule has 0 nitrogen and oxygen atoms in total. The average Bonchev–Trinajstić information content (AvgIpc) is 2.80. The first-order valence-corrected chi connectivity index (χ1v) is 7.55. The zero-order valence-corrected chi connectivity index (χ0v) is 12.5. The second kappa shape index (κ2) is 4.32. The third-order valence-electron chi connectivity index (χ3n) is 4.06. The highest BCUT2D eigenvalue weighted by atomic mass is 79.9. The van der Waals surface area contributed by atoms with E-state index in [0.29, 0.717) is 0 Å². The summed E-state index contributed by atoms with van der Waals surface area (Å²) in [4.78, 5) is 0. The lowest BCUT2D eigenvalue weighted by Crippen LogP contribution is -2.18. The van der Waals surface area contributed by atoms with Crippen molar-refractivity contribution < 1.29 is 0 Å². The minimum absolute atomic E-state index is 0.235. The van der Waals surface area contributed by atoms with E-state index in [4.69, 9.17) is 0 Å². The lowest BCUT2D eigenvalue weighted by molar-refractivity contribution is 0.951. The van der Waals surface area contributed by atoms with Gasteiger partial charge < -0.3 is 0 Å². The van der Waals surface area contributed by atoms with Gasteiger partial charge >= 0.3 is 0 Å². The van der Waals surface area contributed by atoms with Crippen molar-refractivity contribution in [3.8, 4) is 11.1 Å². The van der Waals surface area contributed by atoms with Gasteiger partial charge in [0.25, 0.3) is 0 Å². The summed E-state index contributed by atoms with van der Waals surface area (Å²) >= 11 is 4.05. The molecule has 3 aromatic rings. The highest BCUT2D eigenvalue weighted by Crippen LogP contribution is 2.55. The fraction of sp³-hybridized carbons (Fsp3) is 0.0526. The Bertz CT molecular complexity index is 729. The smallest absolute Gasteiger partial charge is 0.0695 e. The van der Waals surface area contributed by atoms with Crippen molar-refractivity contribution in [3.63, 3.8) is 0 Å². The van der Waals surface area contributed by atoms with Gasteiger partial charge in [0.1, 0.15) is 4.32 Å². The van der Waals surface area contributed by atoms with Crippen LogP contribution in [-0.4, -0.2) is 0 Å². The standard InChI is InChI=1S/C19H13Br/c20-19(14-8-2-1-3-9-14)17-12-6-4-10-15(17)16-11-5-7-13-18(16)19/h1-13H.